The number of benzene rings is 2. The predicted octanol–water partition coefficient (Wildman–Crippen LogP) is 5.07. The maximum atomic E-state index is 10.7. The van der Waals surface area contributed by atoms with Crippen molar-refractivity contribution in [2.75, 3.05) is 0 Å². The first-order valence-electron chi connectivity index (χ1n) is 8.84. The predicted molar refractivity (Wildman–Crippen MR) is 99.9 cm³/mol. The molecule has 3 aromatic rings. The van der Waals surface area contributed by atoms with Crippen molar-refractivity contribution in [3.8, 4) is 28.4 Å². The van der Waals surface area contributed by atoms with Crippen molar-refractivity contribution in [2.24, 2.45) is 0 Å². The molecule has 0 fully saturated rings. The molecule has 4 heteroatoms. The van der Waals surface area contributed by atoms with Crippen molar-refractivity contribution < 1.29 is 10.3 Å². The van der Waals surface area contributed by atoms with Crippen LogP contribution in [0.15, 0.2) is 48.5 Å². The van der Waals surface area contributed by atoms with Crippen molar-refractivity contribution in [3.05, 3.63) is 59.8 Å². The Morgan fingerprint density at radius 1 is 1.00 bits per heavy atom. The van der Waals surface area contributed by atoms with E-state index in [2.05, 4.69) is 31.0 Å². The summed E-state index contributed by atoms with van der Waals surface area (Å²) in [5.74, 6) is 0.483. The Kier molecular flexibility index (Phi) is 5.08. The van der Waals surface area contributed by atoms with E-state index in [9.17, 15) is 10.3 Å². The van der Waals surface area contributed by atoms with Crippen LogP contribution in [0.2, 0.25) is 0 Å². The third-order valence-electron chi connectivity index (χ3n) is 4.50. The molecule has 0 aliphatic carbocycles. The van der Waals surface area contributed by atoms with Crippen LogP contribution in [0.4, 0.5) is 0 Å². The molecule has 0 amide bonds. The lowest BCUT2D eigenvalue weighted by Gasteiger charge is -2.06. The molecule has 1 heterocycles. The number of aryl methyl sites for hydroxylation is 1. The van der Waals surface area contributed by atoms with Crippen LogP contribution in [0.25, 0.3) is 22.6 Å². The summed E-state index contributed by atoms with van der Waals surface area (Å²) in [4.78, 5) is 4.67. The smallest absolute Gasteiger partial charge is 0.179 e. The van der Waals surface area contributed by atoms with E-state index in [1.807, 2.05) is 18.2 Å². The second-order valence-corrected chi connectivity index (χ2v) is 6.21. The van der Waals surface area contributed by atoms with Gasteiger partial charge in [0.1, 0.15) is 5.75 Å². The summed E-state index contributed by atoms with van der Waals surface area (Å²) in [5.41, 5.74) is 4.33. The fourth-order valence-corrected chi connectivity index (χ4v) is 2.98. The molecule has 1 aromatic heterocycles. The van der Waals surface area contributed by atoms with E-state index < -0.39 is 0 Å². The minimum atomic E-state index is 0.109. The lowest BCUT2D eigenvalue weighted by Crippen LogP contribution is -2.01. The van der Waals surface area contributed by atoms with E-state index in [4.69, 9.17) is 0 Å². The molecule has 4 nitrogen and oxygen atoms in total. The fourth-order valence-electron chi connectivity index (χ4n) is 2.98. The lowest BCUT2D eigenvalue weighted by atomic mass is 10.0. The third kappa shape index (κ3) is 3.38. The number of phenols is 1. The number of hydrogen-bond acceptors (Lipinski definition) is 3. The van der Waals surface area contributed by atoms with E-state index >= 15 is 0 Å². The number of aromatic nitrogens is 2. The second-order valence-electron chi connectivity index (χ2n) is 6.21. The number of rotatable bonds is 6. The summed E-state index contributed by atoms with van der Waals surface area (Å²) < 4.78 is 1.13. The zero-order chi connectivity index (χ0) is 17.8. The van der Waals surface area contributed by atoms with E-state index in [1.165, 1.54) is 5.56 Å². The number of hydrogen-bond donors (Lipinski definition) is 2. The highest BCUT2D eigenvalue weighted by Gasteiger charge is 2.20. The van der Waals surface area contributed by atoms with Crippen LogP contribution >= 0.6 is 0 Å². The minimum Gasteiger partial charge on any atom is -0.507 e. The molecule has 0 unspecified atom stereocenters. The van der Waals surface area contributed by atoms with Gasteiger partial charge in [0.25, 0.3) is 0 Å². The first-order chi connectivity index (χ1) is 12.2. The Bertz CT molecular complexity index is 851. The van der Waals surface area contributed by atoms with Crippen molar-refractivity contribution in [2.45, 2.75) is 39.5 Å². The first kappa shape index (κ1) is 17.1. The molecule has 0 bridgehead atoms. The van der Waals surface area contributed by atoms with Crippen LogP contribution < -0.4 is 0 Å². The van der Waals surface area contributed by atoms with Crippen LogP contribution in [-0.2, 0) is 12.8 Å². The van der Waals surface area contributed by atoms with Gasteiger partial charge < -0.3 is 10.3 Å². The number of nitrogens with zero attached hydrogens (tertiary/aromatic N) is 2. The monoisotopic (exact) mass is 336 g/mol. The number of unbranched alkanes of at least 4 members (excludes halogenated alkanes) is 1. The third-order valence-corrected chi connectivity index (χ3v) is 4.50. The topological polar surface area (TPSA) is 58.3 Å². The Labute approximate surface area is 148 Å². The molecule has 0 radical (unpaired) electrons. The number of imidazole rings is 1. The van der Waals surface area contributed by atoms with Crippen molar-refractivity contribution in [1.82, 2.24) is 9.71 Å². The lowest BCUT2D eigenvalue weighted by molar-refractivity contribution is 0.181. The van der Waals surface area contributed by atoms with Gasteiger partial charge in [0.15, 0.2) is 5.82 Å². The molecular formula is C21H24N2O2. The molecule has 0 saturated carbocycles. The maximum absolute atomic E-state index is 10.7. The average molecular weight is 336 g/mol. The van der Waals surface area contributed by atoms with Crippen LogP contribution in [0.1, 0.15) is 37.9 Å². The van der Waals surface area contributed by atoms with Gasteiger partial charge in [-0.05, 0) is 37.0 Å². The van der Waals surface area contributed by atoms with Crippen LogP contribution in [0.3, 0.4) is 0 Å². The van der Waals surface area contributed by atoms with Crippen molar-refractivity contribution in [3.63, 3.8) is 0 Å². The van der Waals surface area contributed by atoms with Gasteiger partial charge in [0.2, 0.25) is 0 Å². The van der Waals surface area contributed by atoms with Gasteiger partial charge in [-0.3, -0.25) is 0 Å². The van der Waals surface area contributed by atoms with Gasteiger partial charge in [0, 0.05) is 5.56 Å². The average Bonchev–Trinajstić information content (AvgIpc) is 2.97. The molecule has 0 saturated heterocycles. The summed E-state index contributed by atoms with van der Waals surface area (Å²) in [6, 6.07) is 15.2. The minimum absolute atomic E-state index is 0.109. The Hall–Kier alpha value is -2.75. The van der Waals surface area contributed by atoms with Crippen molar-refractivity contribution >= 4 is 0 Å². The molecule has 0 spiro atoms. The van der Waals surface area contributed by atoms with Gasteiger partial charge in [0.05, 0.1) is 17.0 Å². The highest BCUT2D eigenvalue weighted by molar-refractivity contribution is 5.71. The number of phenolic OH excluding ortho intramolecular Hbond substituents is 1. The van der Waals surface area contributed by atoms with E-state index in [0.29, 0.717) is 11.4 Å². The van der Waals surface area contributed by atoms with E-state index in [0.717, 1.165) is 47.4 Å². The highest BCUT2D eigenvalue weighted by atomic mass is 16.5. The van der Waals surface area contributed by atoms with Crippen LogP contribution in [-0.4, -0.2) is 20.0 Å². The van der Waals surface area contributed by atoms with E-state index in [1.54, 1.807) is 18.2 Å². The summed E-state index contributed by atoms with van der Waals surface area (Å²) in [7, 11) is 0. The van der Waals surface area contributed by atoms with Gasteiger partial charge in [-0.2, -0.15) is 4.73 Å². The van der Waals surface area contributed by atoms with Gasteiger partial charge >= 0.3 is 0 Å². The quantitative estimate of drug-likeness (QED) is 0.618. The highest BCUT2D eigenvalue weighted by Crippen LogP contribution is 2.33. The molecule has 0 aliphatic rings. The standard InChI is InChI=1S/C21H24N2O2/c1-3-5-9-18-20(16-13-11-15(4-2)12-14-16)22-21(23(18)25)17-8-6-7-10-19(17)24/h6-8,10-14,24-25H,3-5,9H2,1-2H3. The molecule has 3 rings (SSSR count). The Morgan fingerprint density at radius 3 is 2.36 bits per heavy atom. The normalized spacial score (nSPS) is 11.0. The number of aromatic hydroxyl groups is 1. The van der Waals surface area contributed by atoms with Crippen LogP contribution in [0.5, 0.6) is 5.75 Å². The van der Waals surface area contributed by atoms with Crippen molar-refractivity contribution in [1.29, 1.82) is 0 Å². The fraction of sp³-hybridized carbons (Fsp3) is 0.286. The SMILES string of the molecule is CCCCc1c(-c2ccc(CC)cc2)nc(-c2ccccc2O)n1O. The van der Waals surface area contributed by atoms with E-state index in [-0.39, 0.29) is 5.75 Å². The van der Waals surface area contributed by atoms with Crippen LogP contribution in [0, 0.1) is 0 Å². The molecule has 2 N–H and O–H groups in total. The van der Waals surface area contributed by atoms with Gasteiger partial charge in [-0.15, -0.1) is 0 Å². The molecular weight excluding hydrogens is 312 g/mol. The Balaban J connectivity index is 2.12. The molecule has 2 aromatic carbocycles. The largest absolute Gasteiger partial charge is 0.507 e. The zero-order valence-electron chi connectivity index (χ0n) is 14.7. The molecule has 0 atom stereocenters. The maximum Gasteiger partial charge on any atom is 0.179 e. The molecule has 130 valence electrons. The summed E-state index contributed by atoms with van der Waals surface area (Å²) >= 11 is 0. The van der Waals surface area contributed by atoms with Gasteiger partial charge in [-0.1, -0.05) is 56.7 Å². The summed E-state index contributed by atoms with van der Waals surface area (Å²) in [6.45, 7) is 4.25. The Morgan fingerprint density at radius 2 is 1.72 bits per heavy atom. The zero-order valence-corrected chi connectivity index (χ0v) is 14.7. The second kappa shape index (κ2) is 7.43. The summed E-state index contributed by atoms with van der Waals surface area (Å²) in [5, 5.41) is 20.9. The summed E-state index contributed by atoms with van der Waals surface area (Å²) in [6.07, 6.45) is 3.72. The molecule has 0 aliphatic heterocycles. The first-order valence-corrected chi connectivity index (χ1v) is 8.84. The van der Waals surface area contributed by atoms with Gasteiger partial charge in [-0.25, -0.2) is 4.98 Å². The number of para-hydroxylation sites is 1. The molecule has 25 heavy (non-hydrogen) atoms.